The summed E-state index contributed by atoms with van der Waals surface area (Å²) in [5.74, 6) is 0. The molecule has 0 unspecified atom stereocenters. The van der Waals surface area contributed by atoms with Crippen molar-refractivity contribution < 1.29 is 0 Å². The van der Waals surface area contributed by atoms with E-state index in [0.717, 1.165) is 0 Å². The molecule has 0 spiro atoms. The molecule has 0 amide bonds. The molecule has 3 nitrogen and oxygen atoms in total. The van der Waals surface area contributed by atoms with Crippen molar-refractivity contribution in [2.24, 2.45) is 10.7 Å². The second-order valence-electron chi connectivity index (χ2n) is 2.86. The lowest BCUT2D eigenvalue weighted by Crippen LogP contribution is -2.12. The molecule has 3 heteroatoms. The van der Waals surface area contributed by atoms with Crippen molar-refractivity contribution in [2.75, 3.05) is 0 Å². The maximum Gasteiger partial charge on any atom is 0.141 e. The Hall–Kier alpha value is -1.30. The molecule has 0 radical (unpaired) electrons. The zero-order valence-electron chi connectivity index (χ0n) is 7.13. The van der Waals surface area contributed by atoms with Gasteiger partial charge in [0.15, 0.2) is 0 Å². The zero-order chi connectivity index (χ0) is 8.91. The van der Waals surface area contributed by atoms with Gasteiger partial charge in [0.2, 0.25) is 0 Å². The molecule has 0 saturated heterocycles. The fourth-order valence-electron chi connectivity index (χ4n) is 0.370. The van der Waals surface area contributed by atoms with Gasteiger partial charge >= 0.3 is 0 Å². The van der Waals surface area contributed by atoms with Gasteiger partial charge in [0.25, 0.3) is 0 Å². The van der Waals surface area contributed by atoms with Gasteiger partial charge in [0.1, 0.15) is 5.54 Å². The minimum atomic E-state index is -0.647. The van der Waals surface area contributed by atoms with Crippen LogP contribution in [0, 0.1) is 11.3 Å². The molecule has 0 aliphatic rings. The minimum Gasteiger partial charge on any atom is -0.402 e. The second kappa shape index (κ2) is 3.77. The number of rotatable bonds is 2. The van der Waals surface area contributed by atoms with E-state index in [1.165, 1.54) is 0 Å². The number of nitrogens with two attached hydrogens (primary N) is 1. The molecule has 0 aliphatic carbocycles. The third-order valence-electron chi connectivity index (χ3n) is 1.01. The first-order valence-corrected chi connectivity index (χ1v) is 3.37. The zero-order valence-corrected chi connectivity index (χ0v) is 7.13. The topological polar surface area (TPSA) is 62.2 Å². The van der Waals surface area contributed by atoms with Crippen LogP contribution in [0.15, 0.2) is 16.8 Å². The lowest BCUT2D eigenvalue weighted by atomic mass is 10.1. The first kappa shape index (κ1) is 9.70. The second-order valence-corrected chi connectivity index (χ2v) is 2.86. The van der Waals surface area contributed by atoms with Crippen LogP contribution in [0.4, 0.5) is 0 Å². The Bertz CT molecular complexity index is 214. The van der Waals surface area contributed by atoms with Crippen LogP contribution in [0.25, 0.3) is 0 Å². The fourth-order valence-corrected chi connectivity index (χ4v) is 0.370. The summed E-state index contributed by atoms with van der Waals surface area (Å²) in [4.78, 5) is 3.97. The Morgan fingerprint density at radius 1 is 1.64 bits per heavy atom. The van der Waals surface area contributed by atoms with Crippen LogP contribution < -0.4 is 5.73 Å². The average molecular weight is 151 g/mol. The smallest absolute Gasteiger partial charge is 0.141 e. The van der Waals surface area contributed by atoms with Crippen molar-refractivity contribution in [3.05, 3.63) is 11.8 Å². The van der Waals surface area contributed by atoms with Gasteiger partial charge in [-0.1, -0.05) is 0 Å². The quantitative estimate of drug-likeness (QED) is 0.603. The van der Waals surface area contributed by atoms with Gasteiger partial charge in [-0.15, -0.1) is 0 Å². The largest absolute Gasteiger partial charge is 0.402 e. The summed E-state index contributed by atoms with van der Waals surface area (Å²) in [6.45, 7) is 5.25. The standard InChI is InChI=1S/C8H13N3/c1-7(10)4-5-11-8(2,3)6-9/h4-5H,10H2,1-3H3. The third kappa shape index (κ3) is 5.16. The highest BCUT2D eigenvalue weighted by molar-refractivity contribution is 5.72. The van der Waals surface area contributed by atoms with Crippen molar-refractivity contribution in [3.8, 4) is 6.07 Å². The molecule has 0 saturated carbocycles. The Morgan fingerprint density at radius 3 is 2.55 bits per heavy atom. The van der Waals surface area contributed by atoms with Crippen molar-refractivity contribution >= 4 is 6.21 Å². The lowest BCUT2D eigenvalue weighted by molar-refractivity contribution is 0.677. The number of hydrogen-bond donors (Lipinski definition) is 1. The first-order chi connectivity index (χ1) is 4.98. The minimum absolute atomic E-state index is 0.647. The Balaban J connectivity index is 4.17. The summed E-state index contributed by atoms with van der Waals surface area (Å²) >= 11 is 0. The van der Waals surface area contributed by atoms with Crippen LogP contribution in [0.2, 0.25) is 0 Å². The molecule has 60 valence electrons. The molecule has 0 fully saturated rings. The maximum absolute atomic E-state index is 8.54. The highest BCUT2D eigenvalue weighted by Gasteiger charge is 2.11. The molecule has 11 heavy (non-hydrogen) atoms. The van der Waals surface area contributed by atoms with Gasteiger partial charge in [0, 0.05) is 11.9 Å². The highest BCUT2D eigenvalue weighted by Crippen LogP contribution is 2.04. The van der Waals surface area contributed by atoms with Crippen LogP contribution in [-0.2, 0) is 0 Å². The van der Waals surface area contributed by atoms with Gasteiger partial charge in [0.05, 0.1) is 6.07 Å². The first-order valence-electron chi connectivity index (χ1n) is 3.37. The predicted octanol–water partition coefficient (Wildman–Crippen LogP) is 1.22. The van der Waals surface area contributed by atoms with E-state index in [1.807, 2.05) is 6.07 Å². The van der Waals surface area contributed by atoms with Crippen molar-refractivity contribution in [1.82, 2.24) is 0 Å². The molecule has 0 aromatic carbocycles. The Kier molecular flexibility index (Phi) is 3.32. The van der Waals surface area contributed by atoms with Crippen LogP contribution in [0.3, 0.4) is 0 Å². The van der Waals surface area contributed by atoms with Crippen LogP contribution >= 0.6 is 0 Å². The van der Waals surface area contributed by atoms with Gasteiger partial charge in [-0.3, -0.25) is 4.99 Å². The monoisotopic (exact) mass is 151 g/mol. The number of nitrogens with zero attached hydrogens (tertiary/aromatic N) is 2. The molecule has 0 bridgehead atoms. The Labute approximate surface area is 67.2 Å². The molecule has 0 aromatic rings. The molecular formula is C8H13N3. The summed E-state index contributed by atoms with van der Waals surface area (Å²) in [5, 5.41) is 8.54. The number of nitriles is 1. The van der Waals surface area contributed by atoms with Crippen LogP contribution in [-0.4, -0.2) is 11.8 Å². The SMILES string of the molecule is CC(N)=CC=NC(C)(C)C#N. The summed E-state index contributed by atoms with van der Waals surface area (Å²) in [6, 6.07) is 2.05. The number of allylic oxidation sites excluding steroid dienone is 2. The fraction of sp³-hybridized carbons (Fsp3) is 0.500. The van der Waals surface area contributed by atoms with E-state index in [4.69, 9.17) is 11.0 Å². The lowest BCUT2D eigenvalue weighted by Gasteiger charge is -2.05. The average Bonchev–Trinajstić information content (AvgIpc) is 1.87. The maximum atomic E-state index is 8.54. The third-order valence-corrected chi connectivity index (χ3v) is 1.01. The van der Waals surface area contributed by atoms with E-state index in [9.17, 15) is 0 Å². The summed E-state index contributed by atoms with van der Waals surface area (Å²) < 4.78 is 0. The van der Waals surface area contributed by atoms with Crippen molar-refractivity contribution in [2.45, 2.75) is 26.3 Å². The van der Waals surface area contributed by atoms with E-state index in [2.05, 4.69) is 4.99 Å². The molecular weight excluding hydrogens is 138 g/mol. The van der Waals surface area contributed by atoms with Crippen molar-refractivity contribution in [3.63, 3.8) is 0 Å². The summed E-state index contributed by atoms with van der Waals surface area (Å²) in [5.41, 5.74) is 5.39. The van der Waals surface area contributed by atoms with Crippen LogP contribution in [0.5, 0.6) is 0 Å². The van der Waals surface area contributed by atoms with Gasteiger partial charge in [-0.05, 0) is 26.8 Å². The Morgan fingerprint density at radius 2 is 2.18 bits per heavy atom. The normalized spacial score (nSPS) is 13.5. The molecule has 0 aromatic heterocycles. The molecule has 0 rings (SSSR count). The van der Waals surface area contributed by atoms with E-state index in [-0.39, 0.29) is 0 Å². The van der Waals surface area contributed by atoms with E-state index in [1.54, 1.807) is 33.1 Å². The summed E-state index contributed by atoms with van der Waals surface area (Å²) in [6.07, 6.45) is 3.22. The van der Waals surface area contributed by atoms with E-state index in [0.29, 0.717) is 5.70 Å². The van der Waals surface area contributed by atoms with E-state index < -0.39 is 5.54 Å². The highest BCUT2D eigenvalue weighted by atomic mass is 14.8. The number of hydrogen-bond acceptors (Lipinski definition) is 3. The predicted molar refractivity (Wildman–Crippen MR) is 46.1 cm³/mol. The summed E-state index contributed by atoms with van der Waals surface area (Å²) in [7, 11) is 0. The molecule has 0 atom stereocenters. The molecule has 2 N–H and O–H groups in total. The van der Waals surface area contributed by atoms with Crippen LogP contribution in [0.1, 0.15) is 20.8 Å². The van der Waals surface area contributed by atoms with Gasteiger partial charge in [-0.25, -0.2) is 0 Å². The molecule has 0 aliphatic heterocycles. The van der Waals surface area contributed by atoms with Gasteiger partial charge in [-0.2, -0.15) is 5.26 Å². The number of aliphatic imine (C=N–C) groups is 1. The van der Waals surface area contributed by atoms with E-state index >= 15 is 0 Å². The molecule has 0 heterocycles. The van der Waals surface area contributed by atoms with Crippen molar-refractivity contribution in [1.29, 1.82) is 5.26 Å². The van der Waals surface area contributed by atoms with Gasteiger partial charge < -0.3 is 5.73 Å².